The highest BCUT2D eigenvalue weighted by Crippen LogP contribution is 2.35. The number of hydrogen-bond acceptors (Lipinski definition) is 4. The van der Waals surface area contributed by atoms with Crippen LogP contribution in [0, 0.1) is 22.7 Å². The van der Waals surface area contributed by atoms with Gasteiger partial charge in [0, 0.05) is 21.0 Å². The van der Waals surface area contributed by atoms with E-state index in [1.54, 1.807) is 6.08 Å². The molecule has 1 heterocycles. The van der Waals surface area contributed by atoms with Crippen LogP contribution in [0.15, 0.2) is 30.3 Å². The number of nitriles is 2. The summed E-state index contributed by atoms with van der Waals surface area (Å²) in [4.78, 5) is 13.9. The van der Waals surface area contributed by atoms with E-state index in [9.17, 15) is 4.79 Å². The van der Waals surface area contributed by atoms with E-state index < -0.39 is 0 Å². The minimum absolute atomic E-state index is 0.114. The molecule has 0 unspecified atom stereocenters. The van der Waals surface area contributed by atoms with Gasteiger partial charge in [0.05, 0.1) is 17.2 Å². The Morgan fingerprint density at radius 3 is 2.57 bits per heavy atom. The van der Waals surface area contributed by atoms with Crippen molar-refractivity contribution >= 4 is 45.0 Å². The molecular formula is C15H10ClN3OS. The van der Waals surface area contributed by atoms with Gasteiger partial charge in [0.15, 0.2) is 0 Å². The molecule has 104 valence electrons. The van der Waals surface area contributed by atoms with E-state index in [2.05, 4.69) is 0 Å². The molecule has 0 saturated carbocycles. The van der Waals surface area contributed by atoms with Crippen LogP contribution >= 0.6 is 22.9 Å². The van der Waals surface area contributed by atoms with E-state index in [-0.39, 0.29) is 19.0 Å². The average molecular weight is 316 g/mol. The largest absolute Gasteiger partial charge is 0.313 e. The summed E-state index contributed by atoms with van der Waals surface area (Å²) in [5.41, 5.74) is 0. The third-order valence-electron chi connectivity index (χ3n) is 2.77. The lowest BCUT2D eigenvalue weighted by Crippen LogP contribution is -2.30. The second-order valence-corrected chi connectivity index (χ2v) is 5.58. The maximum absolute atomic E-state index is 11.9. The maximum atomic E-state index is 11.9. The summed E-state index contributed by atoms with van der Waals surface area (Å²) in [6, 6.07) is 11.4. The summed E-state index contributed by atoms with van der Waals surface area (Å²) in [5.74, 6) is -0.383. The SMILES string of the molecule is N#CCN(CC#N)C(=O)/C=C/c1sc2ccccc2c1Cl. The molecule has 0 aliphatic heterocycles. The summed E-state index contributed by atoms with van der Waals surface area (Å²) >= 11 is 7.76. The number of carbonyl (C=O) groups is 1. The van der Waals surface area contributed by atoms with Gasteiger partial charge in [-0.3, -0.25) is 4.79 Å². The van der Waals surface area contributed by atoms with Gasteiger partial charge in [-0.15, -0.1) is 11.3 Å². The van der Waals surface area contributed by atoms with Gasteiger partial charge in [0.1, 0.15) is 13.1 Å². The molecule has 1 aromatic carbocycles. The number of carbonyl (C=O) groups excluding carboxylic acids is 1. The van der Waals surface area contributed by atoms with Crippen LogP contribution in [0.2, 0.25) is 5.02 Å². The van der Waals surface area contributed by atoms with Crippen LogP contribution in [0.1, 0.15) is 4.88 Å². The zero-order valence-electron chi connectivity index (χ0n) is 10.9. The second kappa shape index (κ2) is 6.90. The van der Waals surface area contributed by atoms with E-state index in [1.807, 2.05) is 36.4 Å². The smallest absolute Gasteiger partial charge is 0.248 e. The number of halogens is 1. The van der Waals surface area contributed by atoms with E-state index in [1.165, 1.54) is 17.4 Å². The monoisotopic (exact) mass is 315 g/mol. The first-order valence-electron chi connectivity index (χ1n) is 6.05. The van der Waals surface area contributed by atoms with Crippen molar-refractivity contribution in [1.82, 2.24) is 4.90 Å². The molecule has 0 radical (unpaired) electrons. The van der Waals surface area contributed by atoms with Crippen LogP contribution in [0.3, 0.4) is 0 Å². The standard InChI is InChI=1S/C15H10ClN3OS/c16-15-11-3-1-2-4-12(11)21-13(15)5-6-14(20)19(9-7-17)10-8-18/h1-6H,9-10H2/b6-5+. The molecule has 0 N–H and O–H groups in total. The Morgan fingerprint density at radius 2 is 1.95 bits per heavy atom. The molecule has 21 heavy (non-hydrogen) atoms. The first-order chi connectivity index (χ1) is 10.2. The molecule has 1 amide bonds. The second-order valence-electron chi connectivity index (χ2n) is 4.12. The van der Waals surface area contributed by atoms with Crippen molar-refractivity contribution < 1.29 is 4.79 Å². The summed E-state index contributed by atoms with van der Waals surface area (Å²) in [7, 11) is 0. The van der Waals surface area contributed by atoms with Gasteiger partial charge >= 0.3 is 0 Å². The van der Waals surface area contributed by atoms with Crippen molar-refractivity contribution in [3.8, 4) is 12.1 Å². The number of fused-ring (bicyclic) bond motifs is 1. The highest BCUT2D eigenvalue weighted by molar-refractivity contribution is 7.20. The predicted octanol–water partition coefficient (Wildman–Crippen LogP) is 3.44. The molecule has 0 spiro atoms. The zero-order valence-corrected chi connectivity index (χ0v) is 12.5. The van der Waals surface area contributed by atoms with E-state index in [4.69, 9.17) is 22.1 Å². The van der Waals surface area contributed by atoms with Crippen LogP contribution in [0.4, 0.5) is 0 Å². The molecule has 0 saturated heterocycles. The minimum atomic E-state index is -0.383. The van der Waals surface area contributed by atoms with Gasteiger partial charge < -0.3 is 4.90 Å². The van der Waals surface area contributed by atoms with Crippen molar-refractivity contribution in [3.63, 3.8) is 0 Å². The zero-order chi connectivity index (χ0) is 15.2. The molecule has 0 aliphatic rings. The number of hydrogen-bond donors (Lipinski definition) is 0. The van der Waals surface area contributed by atoms with Crippen LogP contribution in [-0.4, -0.2) is 23.9 Å². The first kappa shape index (κ1) is 15.1. The summed E-state index contributed by atoms with van der Waals surface area (Å²) in [5, 5.41) is 18.8. The first-order valence-corrected chi connectivity index (χ1v) is 7.24. The van der Waals surface area contributed by atoms with Crippen molar-refractivity contribution in [2.45, 2.75) is 0 Å². The Morgan fingerprint density at radius 1 is 1.29 bits per heavy atom. The highest BCUT2D eigenvalue weighted by Gasteiger charge is 2.11. The Bertz CT molecular complexity index is 766. The van der Waals surface area contributed by atoms with E-state index in [0.29, 0.717) is 5.02 Å². The van der Waals surface area contributed by atoms with Gasteiger partial charge in [-0.2, -0.15) is 10.5 Å². The van der Waals surface area contributed by atoms with Crippen molar-refractivity contribution in [1.29, 1.82) is 10.5 Å². The van der Waals surface area contributed by atoms with Crippen LogP contribution in [0.25, 0.3) is 16.2 Å². The van der Waals surface area contributed by atoms with E-state index >= 15 is 0 Å². The third kappa shape index (κ3) is 3.41. The fraction of sp³-hybridized carbons (Fsp3) is 0.133. The molecule has 0 fully saturated rings. The number of thiophene rings is 1. The molecule has 2 aromatic rings. The molecule has 0 aliphatic carbocycles. The third-order valence-corrected chi connectivity index (χ3v) is 4.43. The lowest BCUT2D eigenvalue weighted by atomic mass is 10.2. The van der Waals surface area contributed by atoms with Crippen molar-refractivity contribution in [2.75, 3.05) is 13.1 Å². The fourth-order valence-electron chi connectivity index (χ4n) is 1.77. The Labute approximate surface area is 131 Å². The summed E-state index contributed by atoms with van der Waals surface area (Å²) in [6.45, 7) is -0.228. The number of rotatable bonds is 4. The highest BCUT2D eigenvalue weighted by atomic mass is 35.5. The van der Waals surface area contributed by atoms with E-state index in [0.717, 1.165) is 19.9 Å². The van der Waals surface area contributed by atoms with Gasteiger partial charge in [0.2, 0.25) is 5.91 Å². The molecule has 0 bridgehead atoms. The van der Waals surface area contributed by atoms with Gasteiger partial charge in [-0.25, -0.2) is 0 Å². The maximum Gasteiger partial charge on any atom is 0.248 e. The lowest BCUT2D eigenvalue weighted by Gasteiger charge is -2.12. The minimum Gasteiger partial charge on any atom is -0.313 e. The van der Waals surface area contributed by atoms with Gasteiger partial charge in [-0.05, 0) is 12.1 Å². The van der Waals surface area contributed by atoms with Crippen molar-refractivity contribution in [3.05, 3.63) is 40.2 Å². The lowest BCUT2D eigenvalue weighted by molar-refractivity contribution is -0.124. The summed E-state index contributed by atoms with van der Waals surface area (Å²) in [6.07, 6.45) is 2.96. The van der Waals surface area contributed by atoms with Gasteiger partial charge in [0.25, 0.3) is 0 Å². The Balaban J connectivity index is 2.23. The predicted molar refractivity (Wildman–Crippen MR) is 83.7 cm³/mol. The normalized spacial score (nSPS) is 10.4. The Hall–Kier alpha value is -2.34. The topological polar surface area (TPSA) is 67.9 Å². The molecule has 0 atom stereocenters. The van der Waals surface area contributed by atoms with Crippen molar-refractivity contribution in [2.24, 2.45) is 0 Å². The number of amides is 1. The molecule has 4 nitrogen and oxygen atoms in total. The van der Waals surface area contributed by atoms with Crippen LogP contribution in [0.5, 0.6) is 0 Å². The molecule has 6 heteroatoms. The number of nitrogens with zero attached hydrogens (tertiary/aromatic N) is 3. The summed E-state index contributed by atoms with van der Waals surface area (Å²) < 4.78 is 1.04. The van der Waals surface area contributed by atoms with Gasteiger partial charge in [-0.1, -0.05) is 29.8 Å². The number of benzene rings is 1. The average Bonchev–Trinajstić information content (AvgIpc) is 2.81. The quantitative estimate of drug-likeness (QED) is 0.641. The van der Waals surface area contributed by atoms with Crippen LogP contribution in [-0.2, 0) is 4.79 Å². The molecule has 2 rings (SSSR count). The molecular weight excluding hydrogens is 306 g/mol. The Kier molecular flexibility index (Phi) is 4.94. The molecule has 1 aromatic heterocycles. The van der Waals surface area contributed by atoms with Crippen LogP contribution < -0.4 is 0 Å². The fourth-order valence-corrected chi connectivity index (χ4v) is 3.17.